The van der Waals surface area contributed by atoms with Crippen LogP contribution in [0.1, 0.15) is 32.1 Å². The second-order valence-corrected chi connectivity index (χ2v) is 4.41. The van der Waals surface area contributed by atoms with Gasteiger partial charge in [-0.1, -0.05) is 0 Å². The lowest BCUT2D eigenvalue weighted by Gasteiger charge is -2.17. The molecule has 0 unspecified atom stereocenters. The van der Waals surface area contributed by atoms with Crippen LogP contribution in [-0.4, -0.2) is 46.8 Å². The van der Waals surface area contributed by atoms with Gasteiger partial charge in [-0.25, -0.2) is 9.67 Å². The Morgan fingerprint density at radius 2 is 2.25 bits per heavy atom. The number of rotatable bonds is 7. The minimum atomic E-state index is 0.378. The molecule has 5 nitrogen and oxygen atoms in total. The van der Waals surface area contributed by atoms with Crippen LogP contribution in [0.4, 0.5) is 0 Å². The Balaban J connectivity index is 2.43. The Kier molecular flexibility index (Phi) is 5.42. The van der Waals surface area contributed by atoms with Gasteiger partial charge in [0.15, 0.2) is 0 Å². The van der Waals surface area contributed by atoms with Crippen LogP contribution < -0.4 is 5.32 Å². The molecule has 5 heteroatoms. The van der Waals surface area contributed by atoms with E-state index in [0.29, 0.717) is 6.04 Å². The molecule has 0 aromatic carbocycles. The maximum atomic E-state index is 4.30. The number of nitrogens with zero attached hydrogens (tertiary/aromatic N) is 4. The van der Waals surface area contributed by atoms with Crippen LogP contribution in [0.2, 0.25) is 0 Å². The molecule has 92 valence electrons. The van der Waals surface area contributed by atoms with Gasteiger partial charge in [0.1, 0.15) is 12.2 Å². The molecular weight excluding hydrogens is 202 g/mol. The van der Waals surface area contributed by atoms with Crippen molar-refractivity contribution in [2.75, 3.05) is 27.2 Å². The standard InChI is InChI=1S/C11H23N5/c1-10(2)16-11(13-9-14-16)8-15(4)7-5-6-12-3/h9-10,12H,5-8H2,1-4H3. The van der Waals surface area contributed by atoms with Gasteiger partial charge in [-0.2, -0.15) is 5.10 Å². The molecule has 0 atom stereocenters. The minimum Gasteiger partial charge on any atom is -0.320 e. The van der Waals surface area contributed by atoms with Crippen LogP contribution in [0.5, 0.6) is 0 Å². The molecule has 16 heavy (non-hydrogen) atoms. The quantitative estimate of drug-likeness (QED) is 0.700. The van der Waals surface area contributed by atoms with Gasteiger partial charge in [0.2, 0.25) is 0 Å². The summed E-state index contributed by atoms with van der Waals surface area (Å²) in [6.07, 6.45) is 2.79. The van der Waals surface area contributed by atoms with Gasteiger partial charge in [-0.3, -0.25) is 4.90 Å². The van der Waals surface area contributed by atoms with E-state index in [1.54, 1.807) is 6.33 Å². The van der Waals surface area contributed by atoms with E-state index in [2.05, 4.69) is 41.2 Å². The van der Waals surface area contributed by atoms with Crippen molar-refractivity contribution in [3.05, 3.63) is 12.2 Å². The van der Waals surface area contributed by atoms with Crippen molar-refractivity contribution in [2.45, 2.75) is 32.9 Å². The molecule has 0 saturated heterocycles. The van der Waals surface area contributed by atoms with E-state index in [4.69, 9.17) is 0 Å². The van der Waals surface area contributed by atoms with E-state index >= 15 is 0 Å². The molecule has 1 N–H and O–H groups in total. The lowest BCUT2D eigenvalue weighted by atomic mass is 10.3. The third kappa shape index (κ3) is 3.90. The molecule has 0 aliphatic heterocycles. The number of nitrogens with one attached hydrogen (secondary N) is 1. The summed E-state index contributed by atoms with van der Waals surface area (Å²) in [5.41, 5.74) is 0. The summed E-state index contributed by atoms with van der Waals surface area (Å²) in [7, 11) is 4.10. The highest BCUT2D eigenvalue weighted by atomic mass is 15.4. The fraction of sp³-hybridized carbons (Fsp3) is 0.818. The van der Waals surface area contributed by atoms with Gasteiger partial charge in [-0.05, 0) is 47.5 Å². The van der Waals surface area contributed by atoms with E-state index < -0.39 is 0 Å². The second kappa shape index (κ2) is 6.60. The van der Waals surface area contributed by atoms with E-state index in [1.165, 1.54) is 0 Å². The molecule has 0 fully saturated rings. The molecule has 0 spiro atoms. The van der Waals surface area contributed by atoms with Crippen molar-refractivity contribution in [1.82, 2.24) is 25.0 Å². The van der Waals surface area contributed by atoms with E-state index in [9.17, 15) is 0 Å². The Morgan fingerprint density at radius 1 is 1.50 bits per heavy atom. The summed E-state index contributed by atoms with van der Waals surface area (Å²) in [6.45, 7) is 7.24. The molecule has 0 aliphatic carbocycles. The number of hydrogen-bond donors (Lipinski definition) is 1. The van der Waals surface area contributed by atoms with Crippen LogP contribution in [-0.2, 0) is 6.54 Å². The predicted octanol–water partition coefficient (Wildman–Crippen LogP) is 0.900. The first-order chi connectivity index (χ1) is 7.65. The molecule has 1 heterocycles. The highest BCUT2D eigenvalue weighted by Crippen LogP contribution is 2.07. The molecule has 0 radical (unpaired) electrons. The van der Waals surface area contributed by atoms with Crippen LogP contribution in [0, 0.1) is 0 Å². The second-order valence-electron chi connectivity index (χ2n) is 4.41. The average Bonchev–Trinajstić information content (AvgIpc) is 2.66. The van der Waals surface area contributed by atoms with Crippen molar-refractivity contribution in [3.63, 3.8) is 0 Å². The molecule has 1 aromatic heterocycles. The summed E-state index contributed by atoms with van der Waals surface area (Å²) in [6, 6.07) is 0.378. The highest BCUT2D eigenvalue weighted by molar-refractivity contribution is 4.86. The topological polar surface area (TPSA) is 46.0 Å². The Hall–Kier alpha value is -0.940. The SMILES string of the molecule is CNCCCN(C)Cc1ncnn1C(C)C. The third-order valence-electron chi connectivity index (χ3n) is 2.51. The predicted molar refractivity (Wildman–Crippen MR) is 65.3 cm³/mol. The maximum Gasteiger partial charge on any atom is 0.141 e. The Bertz CT molecular complexity index is 294. The summed E-state index contributed by atoms with van der Waals surface area (Å²) in [5, 5.41) is 7.38. The molecule has 1 aromatic rings. The van der Waals surface area contributed by atoms with E-state index in [-0.39, 0.29) is 0 Å². The smallest absolute Gasteiger partial charge is 0.141 e. The first-order valence-corrected chi connectivity index (χ1v) is 5.86. The van der Waals surface area contributed by atoms with Crippen molar-refractivity contribution in [2.24, 2.45) is 0 Å². The third-order valence-corrected chi connectivity index (χ3v) is 2.51. The normalized spacial score (nSPS) is 11.6. The largest absolute Gasteiger partial charge is 0.320 e. The molecule has 0 aliphatic rings. The molecule has 0 saturated carbocycles. The van der Waals surface area contributed by atoms with Crippen LogP contribution in [0.15, 0.2) is 6.33 Å². The first-order valence-electron chi connectivity index (χ1n) is 5.86. The zero-order valence-corrected chi connectivity index (χ0v) is 10.8. The highest BCUT2D eigenvalue weighted by Gasteiger charge is 2.09. The van der Waals surface area contributed by atoms with Gasteiger partial charge >= 0.3 is 0 Å². The zero-order chi connectivity index (χ0) is 12.0. The van der Waals surface area contributed by atoms with Crippen LogP contribution in [0.3, 0.4) is 0 Å². The Labute approximate surface area is 97.9 Å². The lowest BCUT2D eigenvalue weighted by molar-refractivity contribution is 0.301. The minimum absolute atomic E-state index is 0.378. The monoisotopic (exact) mass is 225 g/mol. The summed E-state index contributed by atoms with van der Waals surface area (Å²) < 4.78 is 1.98. The van der Waals surface area contributed by atoms with Gasteiger partial charge in [-0.15, -0.1) is 0 Å². The van der Waals surface area contributed by atoms with Crippen LogP contribution >= 0.6 is 0 Å². The Morgan fingerprint density at radius 3 is 2.88 bits per heavy atom. The maximum absolute atomic E-state index is 4.30. The van der Waals surface area contributed by atoms with Gasteiger partial charge in [0.05, 0.1) is 6.54 Å². The summed E-state index contributed by atoms with van der Waals surface area (Å²) in [5.74, 6) is 1.04. The summed E-state index contributed by atoms with van der Waals surface area (Å²) in [4.78, 5) is 6.58. The van der Waals surface area contributed by atoms with Crippen molar-refractivity contribution in [3.8, 4) is 0 Å². The van der Waals surface area contributed by atoms with Gasteiger partial charge in [0, 0.05) is 6.04 Å². The number of hydrogen-bond acceptors (Lipinski definition) is 4. The fourth-order valence-corrected chi connectivity index (χ4v) is 1.66. The summed E-state index contributed by atoms with van der Waals surface area (Å²) >= 11 is 0. The lowest BCUT2D eigenvalue weighted by Crippen LogP contribution is -2.24. The fourth-order valence-electron chi connectivity index (χ4n) is 1.66. The molecular formula is C11H23N5. The van der Waals surface area contributed by atoms with Gasteiger partial charge in [0.25, 0.3) is 0 Å². The molecule has 1 rings (SSSR count). The zero-order valence-electron chi connectivity index (χ0n) is 10.8. The van der Waals surface area contributed by atoms with E-state index in [0.717, 1.165) is 31.9 Å². The first kappa shape index (κ1) is 13.1. The number of aromatic nitrogens is 3. The van der Waals surface area contributed by atoms with Crippen molar-refractivity contribution >= 4 is 0 Å². The van der Waals surface area contributed by atoms with Gasteiger partial charge < -0.3 is 5.32 Å². The molecule has 0 bridgehead atoms. The van der Waals surface area contributed by atoms with E-state index in [1.807, 2.05) is 11.7 Å². The van der Waals surface area contributed by atoms with Crippen molar-refractivity contribution < 1.29 is 0 Å². The van der Waals surface area contributed by atoms with Crippen molar-refractivity contribution in [1.29, 1.82) is 0 Å². The average molecular weight is 225 g/mol. The molecule has 0 amide bonds. The van der Waals surface area contributed by atoms with Crippen LogP contribution in [0.25, 0.3) is 0 Å².